The number of carbonyl (C=O) groups is 3. The number of hydrogen-bond donors (Lipinski definition) is 3. The molecule has 0 aliphatic carbocycles. The van der Waals surface area contributed by atoms with E-state index in [0.717, 1.165) is 0 Å². The van der Waals surface area contributed by atoms with Crippen LogP contribution < -0.4 is 10.6 Å². The van der Waals surface area contributed by atoms with Crippen LogP contribution in [0.15, 0.2) is 36.4 Å². The third-order valence-electron chi connectivity index (χ3n) is 6.06. The van der Waals surface area contributed by atoms with Crippen LogP contribution in [0, 0.1) is 6.92 Å². The number of aliphatic hydroxyl groups excluding tert-OH is 1. The van der Waals surface area contributed by atoms with Crippen molar-refractivity contribution in [1.82, 2.24) is 15.5 Å². The molecule has 7 nitrogen and oxygen atoms in total. The smallest absolute Gasteiger partial charge is 0.311 e. The number of rotatable bonds is 6. The molecule has 4 rings (SSSR count). The zero-order chi connectivity index (χ0) is 23.9. The van der Waals surface area contributed by atoms with E-state index in [2.05, 4.69) is 10.6 Å². The molecule has 2 heterocycles. The van der Waals surface area contributed by atoms with Crippen LogP contribution in [0.1, 0.15) is 45.5 Å². The van der Waals surface area contributed by atoms with Crippen molar-refractivity contribution in [2.45, 2.75) is 51.0 Å². The lowest BCUT2D eigenvalue weighted by Gasteiger charge is -2.29. The minimum absolute atomic E-state index is 0.0732. The van der Waals surface area contributed by atoms with Gasteiger partial charge in [-0.2, -0.15) is 8.78 Å². The summed E-state index contributed by atoms with van der Waals surface area (Å²) >= 11 is 5.94. The number of nitrogens with zero attached hydrogens (tertiary/aromatic N) is 1. The molecule has 0 spiro atoms. The summed E-state index contributed by atoms with van der Waals surface area (Å²) in [6.07, 6.45) is -1.75. The van der Waals surface area contributed by atoms with Gasteiger partial charge in [0.15, 0.2) is 6.23 Å². The number of benzene rings is 2. The Morgan fingerprint density at radius 2 is 2.03 bits per heavy atom. The van der Waals surface area contributed by atoms with E-state index in [4.69, 9.17) is 11.6 Å². The van der Waals surface area contributed by atoms with E-state index in [1.165, 1.54) is 30.0 Å². The molecule has 0 aromatic heterocycles. The predicted molar refractivity (Wildman–Crippen MR) is 115 cm³/mol. The molecule has 2 aliphatic heterocycles. The molecule has 2 aromatic carbocycles. The lowest BCUT2D eigenvalue weighted by atomic mass is 10.0. The lowest BCUT2D eigenvalue weighted by molar-refractivity contribution is -0.136. The molecule has 10 heteroatoms. The minimum atomic E-state index is -3.58. The highest BCUT2D eigenvalue weighted by Gasteiger charge is 2.42. The van der Waals surface area contributed by atoms with Crippen molar-refractivity contribution in [3.8, 4) is 0 Å². The van der Waals surface area contributed by atoms with Gasteiger partial charge in [0.25, 0.3) is 5.91 Å². The Hall–Kier alpha value is -2.88. The quantitative estimate of drug-likeness (QED) is 0.439. The summed E-state index contributed by atoms with van der Waals surface area (Å²) < 4.78 is 29.6. The number of alkyl halides is 2. The molecule has 0 bridgehead atoms. The van der Waals surface area contributed by atoms with E-state index in [9.17, 15) is 28.3 Å². The monoisotopic (exact) mass is 477 g/mol. The Balaban J connectivity index is 1.45. The van der Waals surface area contributed by atoms with Crippen molar-refractivity contribution in [2.24, 2.45) is 0 Å². The highest BCUT2D eigenvalue weighted by Crippen LogP contribution is 2.36. The largest absolute Gasteiger partial charge is 0.372 e. The van der Waals surface area contributed by atoms with Crippen LogP contribution in [0.2, 0.25) is 5.02 Å². The molecule has 0 radical (unpaired) electrons. The second-order valence-electron chi connectivity index (χ2n) is 8.21. The SMILES string of the molecule is Cc1c(Cl)cccc1C(F)(F)C(O)NCc1ccc2c(c1)CN(C1CCC(=O)NC1=O)C2=O. The van der Waals surface area contributed by atoms with Crippen LogP contribution in [-0.2, 0) is 28.6 Å². The maximum Gasteiger partial charge on any atom is 0.311 e. The molecule has 2 unspecified atom stereocenters. The minimum Gasteiger partial charge on any atom is -0.372 e. The van der Waals surface area contributed by atoms with E-state index in [1.54, 1.807) is 18.2 Å². The van der Waals surface area contributed by atoms with Crippen LogP contribution in [0.3, 0.4) is 0 Å². The van der Waals surface area contributed by atoms with Crippen molar-refractivity contribution >= 4 is 29.3 Å². The Kier molecular flexibility index (Phi) is 6.22. The summed E-state index contributed by atoms with van der Waals surface area (Å²) in [4.78, 5) is 37.7. The number of aliphatic hydroxyl groups is 1. The number of halogens is 3. The molecule has 2 atom stereocenters. The Morgan fingerprint density at radius 1 is 1.27 bits per heavy atom. The lowest BCUT2D eigenvalue weighted by Crippen LogP contribution is -2.52. The fourth-order valence-electron chi connectivity index (χ4n) is 4.20. The molecule has 2 aliphatic rings. The number of nitrogens with one attached hydrogen (secondary N) is 2. The van der Waals surface area contributed by atoms with Gasteiger partial charge in [0, 0.05) is 35.7 Å². The molecule has 33 heavy (non-hydrogen) atoms. The normalized spacial score (nSPS) is 19.5. The van der Waals surface area contributed by atoms with Gasteiger partial charge in [-0.1, -0.05) is 35.9 Å². The zero-order valence-corrected chi connectivity index (χ0v) is 18.5. The molecule has 1 fully saturated rings. The predicted octanol–water partition coefficient (Wildman–Crippen LogP) is 2.61. The van der Waals surface area contributed by atoms with Crippen LogP contribution in [0.5, 0.6) is 0 Å². The van der Waals surface area contributed by atoms with Gasteiger partial charge in [-0.05, 0) is 42.2 Å². The van der Waals surface area contributed by atoms with Gasteiger partial charge >= 0.3 is 5.92 Å². The number of amides is 3. The van der Waals surface area contributed by atoms with E-state index in [-0.39, 0.29) is 53.9 Å². The van der Waals surface area contributed by atoms with Crippen molar-refractivity contribution in [3.63, 3.8) is 0 Å². The Labute approximate surface area is 193 Å². The molecular formula is C23H22ClF2N3O4. The Morgan fingerprint density at radius 3 is 2.76 bits per heavy atom. The zero-order valence-electron chi connectivity index (χ0n) is 17.7. The molecule has 2 aromatic rings. The summed E-state index contributed by atoms with van der Waals surface area (Å²) in [5.41, 5.74) is 1.48. The maximum atomic E-state index is 14.8. The third-order valence-corrected chi connectivity index (χ3v) is 6.47. The van der Waals surface area contributed by atoms with Crippen LogP contribution >= 0.6 is 11.6 Å². The first-order chi connectivity index (χ1) is 15.6. The van der Waals surface area contributed by atoms with E-state index < -0.39 is 24.1 Å². The molecular weight excluding hydrogens is 456 g/mol. The Bertz CT molecular complexity index is 1140. The van der Waals surface area contributed by atoms with E-state index in [1.807, 2.05) is 0 Å². The number of hydrogen-bond acceptors (Lipinski definition) is 5. The fourth-order valence-corrected chi connectivity index (χ4v) is 4.37. The summed E-state index contributed by atoms with van der Waals surface area (Å²) in [6, 6.07) is 8.25. The number of piperidine rings is 1. The molecule has 3 N–H and O–H groups in total. The molecule has 0 saturated carbocycles. The summed E-state index contributed by atoms with van der Waals surface area (Å²) in [5, 5.41) is 15.0. The van der Waals surface area contributed by atoms with Gasteiger partial charge < -0.3 is 10.0 Å². The van der Waals surface area contributed by atoms with Crippen molar-refractivity contribution in [1.29, 1.82) is 0 Å². The average molecular weight is 478 g/mol. The molecule has 1 saturated heterocycles. The van der Waals surface area contributed by atoms with Crippen LogP contribution in [0.4, 0.5) is 8.78 Å². The number of imide groups is 1. The third kappa shape index (κ3) is 4.36. The number of fused-ring (bicyclic) bond motifs is 1. The summed E-state index contributed by atoms with van der Waals surface area (Å²) in [7, 11) is 0. The van der Waals surface area contributed by atoms with Crippen molar-refractivity contribution in [2.75, 3.05) is 0 Å². The second kappa shape index (κ2) is 8.81. The molecule has 3 amide bonds. The van der Waals surface area contributed by atoms with Gasteiger partial charge in [-0.25, -0.2) is 0 Å². The van der Waals surface area contributed by atoms with Crippen LogP contribution in [-0.4, -0.2) is 40.0 Å². The standard InChI is InChI=1S/C23H22ClF2N3O4/c1-12-16(3-2-4-17(12)24)23(25,26)22(33)27-10-13-5-6-15-14(9-13)11-29(21(15)32)18-7-8-19(30)28-20(18)31/h2-6,9,18,22,27,33H,7-8,10-11H2,1H3,(H,28,30,31). The number of carbonyl (C=O) groups excluding carboxylic acids is 3. The first-order valence-electron chi connectivity index (χ1n) is 10.4. The van der Waals surface area contributed by atoms with Gasteiger partial charge in [0.1, 0.15) is 6.04 Å². The first kappa shape index (κ1) is 23.3. The highest BCUT2D eigenvalue weighted by atomic mass is 35.5. The van der Waals surface area contributed by atoms with Crippen molar-refractivity contribution < 1.29 is 28.3 Å². The van der Waals surface area contributed by atoms with Gasteiger partial charge in [0.2, 0.25) is 11.8 Å². The van der Waals surface area contributed by atoms with E-state index in [0.29, 0.717) is 16.7 Å². The van der Waals surface area contributed by atoms with E-state index >= 15 is 0 Å². The van der Waals surface area contributed by atoms with Gasteiger partial charge in [-0.3, -0.25) is 25.0 Å². The highest BCUT2D eigenvalue weighted by molar-refractivity contribution is 6.31. The topological polar surface area (TPSA) is 98.7 Å². The van der Waals surface area contributed by atoms with Gasteiger partial charge in [0.05, 0.1) is 0 Å². The van der Waals surface area contributed by atoms with Crippen LogP contribution in [0.25, 0.3) is 0 Å². The summed E-state index contributed by atoms with van der Waals surface area (Å²) in [6.45, 7) is 1.56. The van der Waals surface area contributed by atoms with Gasteiger partial charge in [-0.15, -0.1) is 0 Å². The fraction of sp³-hybridized carbons (Fsp3) is 0.348. The molecule has 174 valence electrons. The maximum absolute atomic E-state index is 14.8. The van der Waals surface area contributed by atoms with Crippen molar-refractivity contribution in [3.05, 3.63) is 69.2 Å². The summed E-state index contributed by atoms with van der Waals surface area (Å²) in [5.74, 6) is -4.76. The average Bonchev–Trinajstić information content (AvgIpc) is 3.09. The first-order valence-corrected chi connectivity index (χ1v) is 10.8. The second-order valence-corrected chi connectivity index (χ2v) is 8.62.